The van der Waals surface area contributed by atoms with Gasteiger partial charge in [-0.05, 0) is 25.0 Å². The van der Waals surface area contributed by atoms with Gasteiger partial charge in [0, 0.05) is 25.4 Å². The van der Waals surface area contributed by atoms with Crippen LogP contribution >= 0.6 is 0 Å². The number of methoxy groups -OCH3 is 2. The minimum Gasteiger partial charge on any atom is -0.497 e. The second-order valence-electron chi connectivity index (χ2n) is 5.79. The van der Waals surface area contributed by atoms with Crippen LogP contribution in [-0.4, -0.2) is 49.2 Å². The van der Waals surface area contributed by atoms with Crippen LogP contribution in [0.4, 0.5) is 5.69 Å². The van der Waals surface area contributed by atoms with Crippen LogP contribution in [0, 0.1) is 17.2 Å². The lowest BCUT2D eigenvalue weighted by Gasteiger charge is -2.29. The molecule has 8 heteroatoms. The molecule has 8 nitrogen and oxygen atoms in total. The third kappa shape index (κ3) is 4.45. The molecule has 0 saturated carbocycles. The number of nitrogens with zero attached hydrogens (tertiary/aromatic N) is 2. The molecule has 1 aromatic carbocycles. The van der Waals surface area contributed by atoms with Gasteiger partial charge >= 0.3 is 5.97 Å². The first-order valence-corrected chi connectivity index (χ1v) is 8.11. The third-order valence-corrected chi connectivity index (χ3v) is 4.26. The van der Waals surface area contributed by atoms with Crippen LogP contribution in [0.5, 0.6) is 11.5 Å². The summed E-state index contributed by atoms with van der Waals surface area (Å²) in [5.74, 6) is -0.574. The Labute approximate surface area is 151 Å². The quantitative estimate of drug-likeness (QED) is 0.589. The summed E-state index contributed by atoms with van der Waals surface area (Å²) < 4.78 is 10.4. The first-order chi connectivity index (χ1) is 12.5. The van der Waals surface area contributed by atoms with Gasteiger partial charge < -0.3 is 24.8 Å². The maximum atomic E-state index is 12.5. The van der Waals surface area contributed by atoms with Crippen molar-refractivity contribution in [1.29, 1.82) is 5.26 Å². The zero-order chi connectivity index (χ0) is 19.1. The first kappa shape index (κ1) is 19.1. The van der Waals surface area contributed by atoms with Crippen LogP contribution < -0.4 is 14.8 Å². The smallest absolute Gasteiger partial charge is 0.306 e. The minimum atomic E-state index is -0.846. The molecule has 1 aromatic rings. The SMILES string of the molecule is COc1ccc(N/C=C(/C#N)C(=O)N2CCC(C(=O)O)CC2)c(OC)c1. The van der Waals surface area contributed by atoms with Gasteiger partial charge in [-0.2, -0.15) is 5.26 Å². The number of hydrogen-bond acceptors (Lipinski definition) is 6. The van der Waals surface area contributed by atoms with Gasteiger partial charge in [-0.25, -0.2) is 0 Å². The summed E-state index contributed by atoms with van der Waals surface area (Å²) in [7, 11) is 3.05. The van der Waals surface area contributed by atoms with Gasteiger partial charge in [-0.3, -0.25) is 9.59 Å². The number of carbonyl (C=O) groups is 2. The van der Waals surface area contributed by atoms with Crippen molar-refractivity contribution < 1.29 is 24.2 Å². The minimum absolute atomic E-state index is 0.0587. The van der Waals surface area contributed by atoms with Gasteiger partial charge in [0.1, 0.15) is 23.1 Å². The summed E-state index contributed by atoms with van der Waals surface area (Å²) in [5, 5.41) is 21.2. The first-order valence-electron chi connectivity index (χ1n) is 8.11. The fraction of sp³-hybridized carbons (Fsp3) is 0.389. The van der Waals surface area contributed by atoms with E-state index in [4.69, 9.17) is 14.6 Å². The van der Waals surface area contributed by atoms with E-state index in [1.807, 2.05) is 6.07 Å². The third-order valence-electron chi connectivity index (χ3n) is 4.26. The second-order valence-corrected chi connectivity index (χ2v) is 5.79. The standard InChI is InChI=1S/C18H21N3O5/c1-25-14-3-4-15(16(9-14)26-2)20-11-13(10-19)17(22)21-7-5-12(6-8-21)18(23)24/h3-4,9,11-12,20H,5-8H2,1-2H3,(H,23,24)/b13-11-. The number of carboxylic acid groups (broad SMARTS) is 1. The highest BCUT2D eigenvalue weighted by Gasteiger charge is 2.28. The summed E-state index contributed by atoms with van der Waals surface area (Å²) in [6, 6.07) is 7.01. The number of anilines is 1. The van der Waals surface area contributed by atoms with E-state index in [0.29, 0.717) is 43.1 Å². The van der Waals surface area contributed by atoms with E-state index in [9.17, 15) is 14.9 Å². The molecule has 0 aromatic heterocycles. The van der Waals surface area contributed by atoms with Crippen LogP contribution in [0.3, 0.4) is 0 Å². The Kier molecular flexibility index (Phi) is 6.44. The molecule has 0 spiro atoms. The van der Waals surface area contributed by atoms with Crippen LogP contribution in [-0.2, 0) is 9.59 Å². The van der Waals surface area contributed by atoms with Crippen molar-refractivity contribution >= 4 is 17.6 Å². The zero-order valence-corrected chi connectivity index (χ0v) is 14.7. The molecule has 138 valence electrons. The molecule has 1 aliphatic heterocycles. The molecule has 0 aliphatic carbocycles. The highest BCUT2D eigenvalue weighted by Crippen LogP contribution is 2.29. The molecule has 1 heterocycles. The van der Waals surface area contributed by atoms with Crippen molar-refractivity contribution in [3.63, 3.8) is 0 Å². The summed E-state index contributed by atoms with van der Waals surface area (Å²) in [5.41, 5.74) is 0.523. The molecule has 1 fully saturated rings. The van der Waals surface area contributed by atoms with Crippen LogP contribution in [0.25, 0.3) is 0 Å². The van der Waals surface area contributed by atoms with E-state index < -0.39 is 17.8 Å². The predicted octanol–water partition coefficient (Wildman–Crippen LogP) is 1.85. The van der Waals surface area contributed by atoms with Gasteiger partial charge in [-0.1, -0.05) is 0 Å². The van der Waals surface area contributed by atoms with Crippen molar-refractivity contribution in [1.82, 2.24) is 4.90 Å². The van der Waals surface area contributed by atoms with E-state index in [1.165, 1.54) is 18.2 Å². The molecule has 1 saturated heterocycles. The average Bonchev–Trinajstić information content (AvgIpc) is 2.68. The number of likely N-dealkylation sites (tertiary alicyclic amines) is 1. The molecular formula is C18H21N3O5. The number of nitriles is 1. The summed E-state index contributed by atoms with van der Waals surface area (Å²) in [6.07, 6.45) is 2.11. The lowest BCUT2D eigenvalue weighted by atomic mass is 9.97. The van der Waals surface area contributed by atoms with Crippen LogP contribution in [0.15, 0.2) is 30.0 Å². The zero-order valence-electron chi connectivity index (χ0n) is 14.7. The maximum Gasteiger partial charge on any atom is 0.306 e. The molecule has 0 radical (unpaired) electrons. The van der Waals surface area contributed by atoms with E-state index in [1.54, 1.807) is 25.3 Å². The molecule has 1 amide bonds. The van der Waals surface area contributed by atoms with E-state index >= 15 is 0 Å². The highest BCUT2D eigenvalue weighted by atomic mass is 16.5. The number of benzene rings is 1. The number of rotatable bonds is 6. The van der Waals surface area contributed by atoms with Gasteiger partial charge in [0.25, 0.3) is 5.91 Å². The predicted molar refractivity (Wildman–Crippen MR) is 93.8 cm³/mol. The highest BCUT2D eigenvalue weighted by molar-refractivity contribution is 5.97. The molecule has 0 atom stereocenters. The van der Waals surface area contributed by atoms with Gasteiger partial charge in [0.2, 0.25) is 0 Å². The maximum absolute atomic E-state index is 12.5. The van der Waals surface area contributed by atoms with E-state index in [2.05, 4.69) is 5.32 Å². The Hall–Kier alpha value is -3.21. The molecule has 0 bridgehead atoms. The van der Waals surface area contributed by atoms with Crippen LogP contribution in [0.2, 0.25) is 0 Å². The van der Waals surface area contributed by atoms with Gasteiger partial charge in [0.15, 0.2) is 0 Å². The van der Waals surface area contributed by atoms with Gasteiger partial charge in [-0.15, -0.1) is 0 Å². The Morgan fingerprint density at radius 3 is 2.54 bits per heavy atom. The molecule has 1 aliphatic rings. The lowest BCUT2D eigenvalue weighted by Crippen LogP contribution is -2.40. The molecule has 2 rings (SSSR count). The lowest BCUT2D eigenvalue weighted by molar-refractivity contribution is -0.145. The summed E-state index contributed by atoms with van der Waals surface area (Å²) >= 11 is 0. The largest absolute Gasteiger partial charge is 0.497 e. The number of nitrogens with one attached hydrogen (secondary N) is 1. The molecular weight excluding hydrogens is 338 g/mol. The van der Waals surface area contributed by atoms with Crippen molar-refractivity contribution in [2.75, 3.05) is 32.6 Å². The Morgan fingerprint density at radius 2 is 2.00 bits per heavy atom. The second kappa shape index (κ2) is 8.76. The van der Waals surface area contributed by atoms with Crippen molar-refractivity contribution in [2.45, 2.75) is 12.8 Å². The molecule has 2 N–H and O–H groups in total. The number of amides is 1. The number of hydrogen-bond donors (Lipinski definition) is 2. The number of piperidine rings is 1. The van der Waals surface area contributed by atoms with E-state index in [-0.39, 0.29) is 5.57 Å². The summed E-state index contributed by atoms with van der Waals surface area (Å²) in [6.45, 7) is 0.640. The monoisotopic (exact) mass is 359 g/mol. The fourth-order valence-electron chi connectivity index (χ4n) is 2.71. The fourth-order valence-corrected chi connectivity index (χ4v) is 2.71. The number of ether oxygens (including phenoxy) is 2. The van der Waals surface area contributed by atoms with Gasteiger partial charge in [0.05, 0.1) is 25.8 Å². The molecule has 26 heavy (non-hydrogen) atoms. The Balaban J connectivity index is 2.07. The number of carbonyl (C=O) groups excluding carboxylic acids is 1. The number of aliphatic carboxylic acids is 1. The topological polar surface area (TPSA) is 112 Å². The van der Waals surface area contributed by atoms with E-state index in [0.717, 1.165) is 0 Å². The normalized spacial score (nSPS) is 15.1. The number of carboxylic acids is 1. The van der Waals surface area contributed by atoms with Crippen molar-refractivity contribution in [3.05, 3.63) is 30.0 Å². The molecule has 0 unspecified atom stereocenters. The summed E-state index contributed by atoms with van der Waals surface area (Å²) in [4.78, 5) is 25.0. The van der Waals surface area contributed by atoms with Crippen molar-refractivity contribution in [2.24, 2.45) is 5.92 Å². The Morgan fingerprint density at radius 1 is 1.31 bits per heavy atom. The van der Waals surface area contributed by atoms with Crippen LogP contribution in [0.1, 0.15) is 12.8 Å². The Bertz CT molecular complexity index is 746. The van der Waals surface area contributed by atoms with Crippen molar-refractivity contribution in [3.8, 4) is 17.6 Å². The average molecular weight is 359 g/mol.